The molecule has 11 nitrogen and oxygen atoms in total. The largest absolute Gasteiger partial charge is 0.394 e. The van der Waals surface area contributed by atoms with E-state index in [0.29, 0.717) is 0 Å². The highest BCUT2D eigenvalue weighted by molar-refractivity contribution is 5.91. The Labute approximate surface area is 141 Å². The average Bonchev–Trinajstić information content (AvgIpc) is 3.10. The average molecular weight is 353 g/mol. The molecule has 1 aliphatic rings. The number of amides is 1. The van der Waals surface area contributed by atoms with Crippen LogP contribution in [-0.4, -0.2) is 65.7 Å². The lowest BCUT2D eigenvalue weighted by atomic mass is 10.1. The number of rotatable bonds is 4. The van der Waals surface area contributed by atoms with Gasteiger partial charge in [0.1, 0.15) is 18.3 Å². The normalized spacial score (nSPS) is 26.5. The van der Waals surface area contributed by atoms with E-state index in [-0.39, 0.29) is 28.9 Å². The van der Waals surface area contributed by atoms with E-state index in [4.69, 9.17) is 4.74 Å². The Hall–Kier alpha value is -2.34. The molecule has 3 rings (SSSR count). The number of aliphatic hydroxyl groups is 3. The molecule has 2 aromatic rings. The number of carbonyl (C=O) groups excluding carboxylic acids is 1. The number of anilines is 1. The van der Waals surface area contributed by atoms with Crippen LogP contribution in [0.2, 0.25) is 0 Å². The SMILES string of the molecule is CC(C)C(=O)Nc1nc2c(ncn2[C@@H]2O[C@H](CO)C(O)C2O)c(=O)[nH]1. The fraction of sp³-hybridized carbons (Fsp3) is 0.571. The molecular formula is C14H19N5O6. The summed E-state index contributed by atoms with van der Waals surface area (Å²) in [7, 11) is 0. The van der Waals surface area contributed by atoms with Crippen molar-refractivity contribution in [2.45, 2.75) is 38.4 Å². The molecule has 3 heterocycles. The molecule has 0 saturated carbocycles. The van der Waals surface area contributed by atoms with Crippen molar-refractivity contribution in [3.63, 3.8) is 0 Å². The molecule has 2 aromatic heterocycles. The Morgan fingerprint density at radius 2 is 2.16 bits per heavy atom. The molecular weight excluding hydrogens is 334 g/mol. The van der Waals surface area contributed by atoms with Crippen molar-refractivity contribution in [3.05, 3.63) is 16.7 Å². The lowest BCUT2D eigenvalue weighted by Gasteiger charge is -2.16. The van der Waals surface area contributed by atoms with E-state index >= 15 is 0 Å². The number of aromatic nitrogens is 4. The first-order valence-corrected chi connectivity index (χ1v) is 7.73. The molecule has 4 atom stereocenters. The van der Waals surface area contributed by atoms with Gasteiger partial charge in [-0.3, -0.25) is 24.5 Å². The number of hydrogen-bond acceptors (Lipinski definition) is 8. The molecule has 11 heteroatoms. The Morgan fingerprint density at radius 1 is 1.44 bits per heavy atom. The Kier molecular flexibility index (Phi) is 4.56. The second-order valence-corrected chi connectivity index (χ2v) is 6.11. The predicted molar refractivity (Wildman–Crippen MR) is 84.6 cm³/mol. The number of H-pyrrole nitrogens is 1. The molecule has 2 unspecified atom stereocenters. The zero-order chi connectivity index (χ0) is 18.3. The first kappa shape index (κ1) is 17.5. The minimum atomic E-state index is -1.34. The van der Waals surface area contributed by atoms with Gasteiger partial charge in [-0.2, -0.15) is 4.98 Å². The zero-order valence-corrected chi connectivity index (χ0v) is 13.6. The van der Waals surface area contributed by atoms with Crippen LogP contribution in [0.15, 0.2) is 11.1 Å². The lowest BCUT2D eigenvalue weighted by molar-refractivity contribution is -0.118. The molecule has 1 amide bonds. The van der Waals surface area contributed by atoms with Crippen molar-refractivity contribution < 1.29 is 24.9 Å². The first-order chi connectivity index (χ1) is 11.8. The minimum Gasteiger partial charge on any atom is -0.394 e. The number of fused-ring (bicyclic) bond motifs is 1. The van der Waals surface area contributed by atoms with Gasteiger partial charge < -0.3 is 20.1 Å². The number of nitrogens with one attached hydrogen (secondary N) is 2. The molecule has 0 radical (unpaired) electrons. The fourth-order valence-corrected chi connectivity index (χ4v) is 2.54. The number of nitrogens with zero attached hydrogens (tertiary/aromatic N) is 3. The number of hydrogen-bond donors (Lipinski definition) is 5. The third-order valence-corrected chi connectivity index (χ3v) is 3.99. The van der Waals surface area contributed by atoms with E-state index in [0.717, 1.165) is 0 Å². The quantitative estimate of drug-likeness (QED) is 0.435. The molecule has 0 bridgehead atoms. The van der Waals surface area contributed by atoms with Crippen molar-refractivity contribution in [2.24, 2.45) is 5.92 Å². The Morgan fingerprint density at radius 3 is 2.76 bits per heavy atom. The summed E-state index contributed by atoms with van der Waals surface area (Å²) in [6, 6.07) is 0. The molecule has 0 aromatic carbocycles. The van der Waals surface area contributed by atoms with Gasteiger partial charge in [0, 0.05) is 5.92 Å². The van der Waals surface area contributed by atoms with Crippen LogP contribution in [0.1, 0.15) is 20.1 Å². The molecule has 1 saturated heterocycles. The summed E-state index contributed by atoms with van der Waals surface area (Å²) in [6.07, 6.45) is -3.46. The predicted octanol–water partition coefficient (Wildman–Crippen LogP) is -1.67. The van der Waals surface area contributed by atoms with E-state index in [9.17, 15) is 24.9 Å². The molecule has 0 spiro atoms. The summed E-state index contributed by atoms with van der Waals surface area (Å²) in [5.74, 6) is -0.711. The van der Waals surface area contributed by atoms with E-state index in [1.54, 1.807) is 13.8 Å². The molecule has 136 valence electrons. The number of ether oxygens (including phenoxy) is 1. The summed E-state index contributed by atoms with van der Waals surface area (Å²) in [5.41, 5.74) is -0.521. The van der Waals surface area contributed by atoms with E-state index in [1.807, 2.05) is 0 Å². The van der Waals surface area contributed by atoms with Crippen LogP contribution in [0.3, 0.4) is 0 Å². The van der Waals surface area contributed by atoms with E-state index in [1.165, 1.54) is 10.9 Å². The van der Waals surface area contributed by atoms with E-state index < -0.39 is 36.7 Å². The molecule has 1 fully saturated rings. The van der Waals surface area contributed by atoms with E-state index in [2.05, 4.69) is 20.3 Å². The Bertz CT molecular complexity index is 846. The van der Waals surface area contributed by atoms with Gasteiger partial charge in [-0.25, -0.2) is 4.98 Å². The van der Waals surface area contributed by atoms with Gasteiger partial charge in [-0.1, -0.05) is 13.8 Å². The van der Waals surface area contributed by atoms with Crippen molar-refractivity contribution in [1.29, 1.82) is 0 Å². The first-order valence-electron chi connectivity index (χ1n) is 7.73. The highest BCUT2D eigenvalue weighted by Crippen LogP contribution is 2.30. The van der Waals surface area contributed by atoms with Gasteiger partial charge in [0.05, 0.1) is 12.9 Å². The van der Waals surface area contributed by atoms with Crippen LogP contribution in [0.25, 0.3) is 11.2 Å². The monoisotopic (exact) mass is 353 g/mol. The van der Waals surface area contributed by atoms with Gasteiger partial charge in [0.2, 0.25) is 11.9 Å². The molecule has 1 aliphatic heterocycles. The maximum atomic E-state index is 12.1. The zero-order valence-electron chi connectivity index (χ0n) is 13.6. The minimum absolute atomic E-state index is 0.0136. The maximum absolute atomic E-state index is 12.1. The van der Waals surface area contributed by atoms with Crippen LogP contribution >= 0.6 is 0 Å². The van der Waals surface area contributed by atoms with Crippen molar-refractivity contribution in [1.82, 2.24) is 19.5 Å². The number of aliphatic hydroxyl groups excluding tert-OH is 3. The van der Waals surface area contributed by atoms with Crippen molar-refractivity contribution in [2.75, 3.05) is 11.9 Å². The summed E-state index contributed by atoms with van der Waals surface area (Å²) >= 11 is 0. The van der Waals surface area contributed by atoms with Crippen LogP contribution < -0.4 is 10.9 Å². The summed E-state index contributed by atoms with van der Waals surface area (Å²) in [4.78, 5) is 34.4. The third kappa shape index (κ3) is 3.02. The van der Waals surface area contributed by atoms with Gasteiger partial charge >= 0.3 is 0 Å². The van der Waals surface area contributed by atoms with Crippen LogP contribution in [0.5, 0.6) is 0 Å². The van der Waals surface area contributed by atoms with Crippen molar-refractivity contribution in [3.8, 4) is 0 Å². The topological polar surface area (TPSA) is 163 Å². The van der Waals surface area contributed by atoms with Crippen LogP contribution in [0.4, 0.5) is 5.95 Å². The summed E-state index contributed by atoms with van der Waals surface area (Å²) in [5, 5.41) is 31.7. The second kappa shape index (κ2) is 6.52. The van der Waals surface area contributed by atoms with Gasteiger partial charge in [0.15, 0.2) is 17.4 Å². The second-order valence-electron chi connectivity index (χ2n) is 6.11. The van der Waals surface area contributed by atoms with Gasteiger partial charge in [0.25, 0.3) is 5.56 Å². The lowest BCUT2D eigenvalue weighted by Crippen LogP contribution is -2.33. The molecule has 25 heavy (non-hydrogen) atoms. The Balaban J connectivity index is 2.01. The highest BCUT2D eigenvalue weighted by Gasteiger charge is 2.44. The van der Waals surface area contributed by atoms with Crippen LogP contribution in [-0.2, 0) is 9.53 Å². The van der Waals surface area contributed by atoms with Crippen LogP contribution in [0, 0.1) is 5.92 Å². The summed E-state index contributed by atoms with van der Waals surface area (Å²) in [6.45, 7) is 2.90. The smallest absolute Gasteiger partial charge is 0.280 e. The van der Waals surface area contributed by atoms with Gasteiger partial charge in [-0.05, 0) is 0 Å². The number of carbonyl (C=O) groups is 1. The highest BCUT2D eigenvalue weighted by atomic mass is 16.6. The molecule has 0 aliphatic carbocycles. The third-order valence-electron chi connectivity index (χ3n) is 3.99. The number of aromatic amines is 1. The molecule has 5 N–H and O–H groups in total. The fourth-order valence-electron chi connectivity index (χ4n) is 2.54. The maximum Gasteiger partial charge on any atom is 0.280 e. The van der Waals surface area contributed by atoms with Crippen molar-refractivity contribution >= 4 is 23.0 Å². The van der Waals surface area contributed by atoms with Gasteiger partial charge in [-0.15, -0.1) is 0 Å². The summed E-state index contributed by atoms with van der Waals surface area (Å²) < 4.78 is 6.70. The number of imidazole rings is 1. The standard InChI is InChI=1S/C14H19N5O6/c1-5(2)11(23)17-14-16-10-7(12(24)18-14)15-4-19(10)13-9(22)8(21)6(3-20)25-13/h4-6,8-9,13,20-22H,3H2,1-2H3,(H2,16,17,18,23,24)/t6-,8?,9?,13-/m1/s1.